The fourth-order valence-corrected chi connectivity index (χ4v) is 6.03. The molecule has 2 fully saturated rings. The van der Waals surface area contributed by atoms with E-state index in [-0.39, 0.29) is 30.6 Å². The Morgan fingerprint density at radius 2 is 1.50 bits per heavy atom. The molecule has 2 aromatic carbocycles. The lowest BCUT2D eigenvalue weighted by molar-refractivity contribution is -0.144. The van der Waals surface area contributed by atoms with Crippen LogP contribution < -0.4 is 0 Å². The number of methoxy groups -OCH3 is 1. The zero-order valence-electron chi connectivity index (χ0n) is 23.9. The third-order valence-electron chi connectivity index (χ3n) is 8.43. The normalized spacial score (nSPS) is 21.6. The van der Waals surface area contributed by atoms with E-state index < -0.39 is 46.4 Å². The number of likely N-dealkylation sites (N-methyl/N-ethyl adjacent to an activating group) is 1. The molecule has 1 unspecified atom stereocenters. The largest absolute Gasteiger partial charge is 0.416 e. The molecule has 0 saturated carbocycles. The van der Waals surface area contributed by atoms with E-state index in [1.807, 2.05) is 30.3 Å². The van der Waals surface area contributed by atoms with Gasteiger partial charge in [-0.2, -0.15) is 26.3 Å². The predicted octanol–water partition coefficient (Wildman–Crippen LogP) is 6.16. The highest BCUT2D eigenvalue weighted by Gasteiger charge is 2.46. The number of benzene rings is 2. The van der Waals surface area contributed by atoms with Crippen molar-refractivity contribution in [1.82, 2.24) is 14.7 Å². The Balaban J connectivity index is 1.67. The summed E-state index contributed by atoms with van der Waals surface area (Å²) in [6, 6.07) is 9.67. The molecule has 0 radical (unpaired) electrons. The van der Waals surface area contributed by atoms with Crippen LogP contribution in [0.5, 0.6) is 0 Å². The number of halogens is 6. The molecule has 3 atom stereocenters. The minimum Gasteiger partial charge on any atom is -0.383 e. The predicted molar refractivity (Wildman–Crippen MR) is 144 cm³/mol. The third kappa shape index (κ3) is 6.38. The zero-order valence-corrected chi connectivity index (χ0v) is 23.9. The first-order valence-electron chi connectivity index (χ1n) is 13.7. The minimum atomic E-state index is -5.04. The number of nitrogens with zero attached hydrogens (tertiary/aromatic N) is 3. The van der Waals surface area contributed by atoms with E-state index in [9.17, 15) is 35.9 Å². The summed E-state index contributed by atoms with van der Waals surface area (Å²) in [5, 5.41) is 0. The number of alkyl halides is 6. The smallest absolute Gasteiger partial charge is 0.383 e. The summed E-state index contributed by atoms with van der Waals surface area (Å²) >= 11 is 0. The van der Waals surface area contributed by atoms with Gasteiger partial charge in [0.15, 0.2) is 0 Å². The van der Waals surface area contributed by atoms with E-state index in [0.29, 0.717) is 31.8 Å². The van der Waals surface area contributed by atoms with E-state index in [2.05, 4.69) is 0 Å². The molecule has 6 nitrogen and oxygen atoms in total. The first-order valence-corrected chi connectivity index (χ1v) is 13.7. The Kier molecular flexibility index (Phi) is 8.87. The Morgan fingerprint density at radius 1 is 0.929 bits per heavy atom. The lowest BCUT2D eigenvalue weighted by Crippen LogP contribution is -2.50. The van der Waals surface area contributed by atoms with Crippen molar-refractivity contribution < 1.29 is 40.7 Å². The second-order valence-corrected chi connectivity index (χ2v) is 11.6. The second-order valence-electron chi connectivity index (χ2n) is 11.6. The van der Waals surface area contributed by atoms with E-state index in [1.54, 1.807) is 16.9 Å². The van der Waals surface area contributed by atoms with Crippen LogP contribution in [0.25, 0.3) is 0 Å². The molecule has 12 heteroatoms. The van der Waals surface area contributed by atoms with Gasteiger partial charge in [0.25, 0.3) is 0 Å². The first kappa shape index (κ1) is 31.7. The molecule has 42 heavy (non-hydrogen) atoms. The van der Waals surface area contributed by atoms with Crippen molar-refractivity contribution in [3.63, 3.8) is 0 Å². The standard InChI is InChI=1S/C30H35F6N3O3/c1-28(2,20-13-21(29(31,32)33)15-22(14-20)30(34,35)36)26(40)37(3)25-17-38(16-24(25)19-9-6-5-7-10-19)27(41)39-12-8-11-23(39)18-42-4/h5-7,9-10,13-15,23-25H,8,11-12,16-18H2,1-4H3/t23-,24?,25+/m0/s1. The number of ether oxygens (including phenoxy) is 1. The van der Waals surface area contributed by atoms with Crippen LogP contribution >= 0.6 is 0 Å². The van der Waals surface area contributed by atoms with E-state index in [1.165, 1.54) is 25.8 Å². The van der Waals surface area contributed by atoms with Crippen molar-refractivity contribution >= 4 is 11.9 Å². The maximum absolute atomic E-state index is 14.0. The number of rotatable bonds is 6. The number of carbonyl (C=O) groups is 2. The topological polar surface area (TPSA) is 53.1 Å². The van der Waals surface area contributed by atoms with Gasteiger partial charge in [-0.1, -0.05) is 30.3 Å². The fraction of sp³-hybridized carbons (Fsp3) is 0.533. The molecule has 0 spiro atoms. The summed E-state index contributed by atoms with van der Waals surface area (Å²) < 4.78 is 86.8. The van der Waals surface area contributed by atoms with Crippen molar-refractivity contribution in [1.29, 1.82) is 0 Å². The summed E-state index contributed by atoms with van der Waals surface area (Å²) in [6.45, 7) is 4.05. The molecule has 2 heterocycles. The first-order chi connectivity index (χ1) is 19.6. The van der Waals surface area contributed by atoms with Crippen LogP contribution in [0.3, 0.4) is 0 Å². The zero-order chi connectivity index (χ0) is 31.0. The summed E-state index contributed by atoms with van der Waals surface area (Å²) in [6.07, 6.45) is -8.44. The molecule has 0 aromatic heterocycles. The highest BCUT2D eigenvalue weighted by Crippen LogP contribution is 2.40. The van der Waals surface area contributed by atoms with Gasteiger partial charge in [0.1, 0.15) is 0 Å². The molecule has 3 amide bonds. The van der Waals surface area contributed by atoms with Crippen LogP contribution in [0.15, 0.2) is 48.5 Å². The van der Waals surface area contributed by atoms with E-state index in [0.717, 1.165) is 18.4 Å². The molecular weight excluding hydrogens is 564 g/mol. The molecule has 4 rings (SSSR count). The summed E-state index contributed by atoms with van der Waals surface area (Å²) in [5.41, 5.74) is -4.24. The average molecular weight is 600 g/mol. The number of urea groups is 1. The van der Waals surface area contributed by atoms with Gasteiger partial charge in [-0.3, -0.25) is 4.79 Å². The number of hydrogen-bond acceptors (Lipinski definition) is 3. The molecule has 2 saturated heterocycles. The highest BCUT2D eigenvalue weighted by molar-refractivity contribution is 5.88. The maximum Gasteiger partial charge on any atom is 0.416 e. The Hall–Kier alpha value is -3.28. The monoisotopic (exact) mass is 599 g/mol. The van der Waals surface area contributed by atoms with Gasteiger partial charge in [-0.05, 0) is 56.0 Å². The van der Waals surface area contributed by atoms with Gasteiger partial charge in [0, 0.05) is 39.7 Å². The number of likely N-dealkylation sites (tertiary alicyclic amines) is 2. The van der Waals surface area contributed by atoms with Crippen molar-refractivity contribution in [2.24, 2.45) is 0 Å². The molecular formula is C30H35F6N3O3. The summed E-state index contributed by atoms with van der Waals surface area (Å²) in [7, 11) is 3.06. The number of carbonyl (C=O) groups excluding carboxylic acids is 2. The van der Waals surface area contributed by atoms with Gasteiger partial charge >= 0.3 is 18.4 Å². The van der Waals surface area contributed by atoms with Gasteiger partial charge in [0.2, 0.25) is 5.91 Å². The lowest BCUT2D eigenvalue weighted by Gasteiger charge is -2.36. The highest BCUT2D eigenvalue weighted by atomic mass is 19.4. The van der Waals surface area contributed by atoms with Crippen LogP contribution in [0.2, 0.25) is 0 Å². The fourth-order valence-electron chi connectivity index (χ4n) is 6.03. The van der Waals surface area contributed by atoms with Crippen LogP contribution in [0.1, 0.15) is 54.9 Å². The Bertz CT molecular complexity index is 1250. The van der Waals surface area contributed by atoms with Crippen LogP contribution in [-0.2, 0) is 27.3 Å². The molecule has 2 aromatic rings. The third-order valence-corrected chi connectivity index (χ3v) is 8.43. The van der Waals surface area contributed by atoms with E-state index in [4.69, 9.17) is 4.74 Å². The molecule has 2 aliphatic rings. The molecule has 2 aliphatic heterocycles. The lowest BCUT2D eigenvalue weighted by atomic mass is 9.80. The Morgan fingerprint density at radius 3 is 2.05 bits per heavy atom. The molecule has 0 N–H and O–H groups in total. The molecule has 0 aliphatic carbocycles. The SMILES string of the molecule is COC[C@@H]1CCCN1C(=O)N1CC(c2ccccc2)[C@H](N(C)C(=O)C(C)(C)c2cc(C(F)(F)F)cc(C(F)(F)F)c2)C1. The van der Waals surface area contributed by atoms with Crippen LogP contribution in [0.4, 0.5) is 31.1 Å². The van der Waals surface area contributed by atoms with Crippen molar-refractivity contribution in [2.75, 3.05) is 40.4 Å². The number of hydrogen-bond donors (Lipinski definition) is 0. The number of amides is 3. The van der Waals surface area contributed by atoms with Gasteiger partial charge < -0.3 is 19.4 Å². The van der Waals surface area contributed by atoms with Gasteiger partial charge in [-0.15, -0.1) is 0 Å². The molecule has 230 valence electrons. The molecule has 0 bridgehead atoms. The summed E-state index contributed by atoms with van der Waals surface area (Å²) in [4.78, 5) is 32.4. The van der Waals surface area contributed by atoms with Crippen LogP contribution in [0, 0.1) is 0 Å². The second kappa shape index (κ2) is 11.8. The van der Waals surface area contributed by atoms with Crippen molar-refractivity contribution in [3.05, 3.63) is 70.8 Å². The quantitative estimate of drug-likeness (QED) is 0.374. The maximum atomic E-state index is 14.0. The Labute approximate surface area is 241 Å². The summed E-state index contributed by atoms with van der Waals surface area (Å²) in [5.74, 6) is -0.982. The van der Waals surface area contributed by atoms with Crippen molar-refractivity contribution in [3.8, 4) is 0 Å². The van der Waals surface area contributed by atoms with Crippen molar-refractivity contribution in [2.45, 2.75) is 62.5 Å². The average Bonchev–Trinajstić information content (AvgIpc) is 3.59. The van der Waals surface area contributed by atoms with Crippen LogP contribution in [-0.4, -0.2) is 79.1 Å². The van der Waals surface area contributed by atoms with Gasteiger partial charge in [0.05, 0.1) is 35.2 Å². The van der Waals surface area contributed by atoms with Gasteiger partial charge in [-0.25, -0.2) is 4.79 Å². The van der Waals surface area contributed by atoms with E-state index >= 15 is 0 Å². The minimum absolute atomic E-state index is 0.0505.